The molecule has 1 atom stereocenters. The Balaban J connectivity index is 2.79. The van der Waals surface area contributed by atoms with Crippen molar-refractivity contribution in [2.75, 3.05) is 12.8 Å². The summed E-state index contributed by atoms with van der Waals surface area (Å²) in [4.78, 5) is 28.9. The molecule has 0 amide bonds. The Morgan fingerprint density at radius 2 is 2.35 bits per heavy atom. The van der Waals surface area contributed by atoms with Crippen LogP contribution in [0.3, 0.4) is 0 Å². The number of H-pyrrole nitrogens is 1. The van der Waals surface area contributed by atoms with Crippen LogP contribution in [0.15, 0.2) is 16.0 Å². The van der Waals surface area contributed by atoms with Gasteiger partial charge in [-0.05, 0) is 20.9 Å². The van der Waals surface area contributed by atoms with E-state index in [1.165, 1.54) is 17.8 Å². The van der Waals surface area contributed by atoms with Crippen molar-refractivity contribution in [3.05, 3.63) is 22.1 Å². The molecule has 0 aromatic carbocycles. The van der Waals surface area contributed by atoms with Crippen LogP contribution in [0.5, 0.6) is 0 Å². The second-order valence-corrected chi connectivity index (χ2v) is 4.83. The minimum Gasteiger partial charge on any atom is -0.480 e. The standard InChI is InChI=1S/C10H15N3O3S/c1-6-4-7(14)13-9(12-6)17-5-10(2,11-3)8(15)16/h4,11H,5H2,1-3H3,(H,15,16)(H,12,13,14). The summed E-state index contributed by atoms with van der Waals surface area (Å²) < 4.78 is 0. The fourth-order valence-corrected chi connectivity index (χ4v) is 2.15. The number of nitrogens with zero attached hydrogens (tertiary/aromatic N) is 1. The Morgan fingerprint density at radius 1 is 1.71 bits per heavy atom. The van der Waals surface area contributed by atoms with E-state index >= 15 is 0 Å². The smallest absolute Gasteiger partial charge is 0.324 e. The molecule has 1 heterocycles. The van der Waals surface area contributed by atoms with E-state index < -0.39 is 11.5 Å². The molecule has 1 rings (SSSR count). The highest BCUT2D eigenvalue weighted by molar-refractivity contribution is 7.99. The van der Waals surface area contributed by atoms with Gasteiger partial charge >= 0.3 is 5.97 Å². The van der Waals surface area contributed by atoms with Crippen LogP contribution in [0.1, 0.15) is 12.6 Å². The van der Waals surface area contributed by atoms with Gasteiger partial charge in [-0.15, -0.1) is 0 Å². The fourth-order valence-electron chi connectivity index (χ4n) is 1.07. The number of rotatable bonds is 5. The number of aromatic nitrogens is 2. The molecule has 0 radical (unpaired) electrons. The Hall–Kier alpha value is -1.34. The van der Waals surface area contributed by atoms with Gasteiger partial charge in [-0.25, -0.2) is 4.98 Å². The molecule has 0 aliphatic rings. The monoisotopic (exact) mass is 257 g/mol. The molecule has 3 N–H and O–H groups in total. The maximum atomic E-state index is 11.2. The van der Waals surface area contributed by atoms with Crippen LogP contribution in [0, 0.1) is 6.92 Å². The minimum atomic E-state index is -1.05. The number of hydrogen-bond acceptors (Lipinski definition) is 5. The van der Waals surface area contributed by atoms with Gasteiger partial charge in [0, 0.05) is 17.5 Å². The van der Waals surface area contributed by atoms with E-state index in [1.54, 1.807) is 20.9 Å². The number of carboxylic acid groups (broad SMARTS) is 1. The first-order chi connectivity index (χ1) is 7.87. The number of hydrogen-bond donors (Lipinski definition) is 3. The third-order valence-electron chi connectivity index (χ3n) is 2.37. The predicted octanol–water partition coefficient (Wildman–Crippen LogP) is 0.233. The zero-order valence-corrected chi connectivity index (χ0v) is 10.7. The lowest BCUT2D eigenvalue weighted by atomic mass is 10.1. The first-order valence-corrected chi connectivity index (χ1v) is 5.99. The molecule has 0 aliphatic heterocycles. The summed E-state index contributed by atoms with van der Waals surface area (Å²) in [5, 5.41) is 12.2. The second kappa shape index (κ2) is 5.33. The highest BCUT2D eigenvalue weighted by atomic mass is 32.2. The summed E-state index contributed by atoms with van der Waals surface area (Å²) in [6, 6.07) is 1.39. The number of thioether (sulfide) groups is 1. The molecule has 1 aromatic rings. The molecule has 6 nitrogen and oxygen atoms in total. The molecule has 0 saturated carbocycles. The maximum Gasteiger partial charge on any atom is 0.324 e. The Labute approximate surface area is 103 Å². The van der Waals surface area contributed by atoms with Crippen LogP contribution < -0.4 is 10.9 Å². The lowest BCUT2D eigenvalue weighted by Gasteiger charge is -2.23. The number of carboxylic acids is 1. The number of nitrogens with one attached hydrogen (secondary N) is 2. The lowest BCUT2D eigenvalue weighted by molar-refractivity contribution is -0.142. The number of aliphatic carboxylic acids is 1. The Morgan fingerprint density at radius 3 is 2.82 bits per heavy atom. The molecule has 17 heavy (non-hydrogen) atoms. The van der Waals surface area contributed by atoms with Gasteiger partial charge in [-0.3, -0.25) is 9.59 Å². The van der Waals surface area contributed by atoms with Crippen LogP contribution in [0.2, 0.25) is 0 Å². The van der Waals surface area contributed by atoms with E-state index in [4.69, 9.17) is 5.11 Å². The van der Waals surface area contributed by atoms with Crippen LogP contribution >= 0.6 is 11.8 Å². The normalized spacial score (nSPS) is 14.3. The first kappa shape index (κ1) is 13.7. The number of likely N-dealkylation sites (N-methyl/N-ethyl adjacent to an activating group) is 1. The third kappa shape index (κ3) is 3.57. The Kier molecular flexibility index (Phi) is 4.30. The summed E-state index contributed by atoms with van der Waals surface area (Å²) in [6.45, 7) is 3.30. The van der Waals surface area contributed by atoms with E-state index in [-0.39, 0.29) is 11.3 Å². The number of carbonyl (C=O) groups is 1. The molecule has 1 unspecified atom stereocenters. The van der Waals surface area contributed by atoms with Crippen molar-refractivity contribution in [2.45, 2.75) is 24.5 Å². The first-order valence-electron chi connectivity index (χ1n) is 5.00. The Bertz CT molecular complexity index is 474. The molecular formula is C10H15N3O3S. The van der Waals surface area contributed by atoms with E-state index in [1.807, 2.05) is 0 Å². The van der Waals surface area contributed by atoms with Gasteiger partial charge in [0.2, 0.25) is 0 Å². The summed E-state index contributed by atoms with van der Waals surface area (Å²) in [6.07, 6.45) is 0. The van der Waals surface area contributed by atoms with Crippen molar-refractivity contribution in [1.29, 1.82) is 0 Å². The van der Waals surface area contributed by atoms with E-state index in [0.29, 0.717) is 10.9 Å². The molecule has 0 spiro atoms. The minimum absolute atomic E-state index is 0.235. The van der Waals surface area contributed by atoms with Crippen LogP contribution in [0.25, 0.3) is 0 Å². The van der Waals surface area contributed by atoms with Gasteiger partial charge in [0.25, 0.3) is 5.56 Å². The van der Waals surface area contributed by atoms with Gasteiger partial charge < -0.3 is 15.4 Å². The maximum absolute atomic E-state index is 11.2. The van der Waals surface area contributed by atoms with Gasteiger partial charge in [0.15, 0.2) is 5.16 Å². The van der Waals surface area contributed by atoms with Gasteiger partial charge in [0.05, 0.1) is 0 Å². The highest BCUT2D eigenvalue weighted by Crippen LogP contribution is 2.18. The zero-order chi connectivity index (χ0) is 13.1. The van der Waals surface area contributed by atoms with Gasteiger partial charge in [-0.1, -0.05) is 11.8 Å². The lowest BCUT2D eigenvalue weighted by Crippen LogP contribution is -2.49. The van der Waals surface area contributed by atoms with Crippen molar-refractivity contribution < 1.29 is 9.90 Å². The van der Waals surface area contributed by atoms with Gasteiger partial charge in [-0.2, -0.15) is 0 Å². The number of aryl methyl sites for hydroxylation is 1. The molecule has 7 heteroatoms. The molecular weight excluding hydrogens is 242 g/mol. The third-order valence-corrected chi connectivity index (χ3v) is 3.56. The summed E-state index contributed by atoms with van der Waals surface area (Å²) in [5.41, 5.74) is -0.674. The van der Waals surface area contributed by atoms with E-state index in [9.17, 15) is 9.59 Å². The summed E-state index contributed by atoms with van der Waals surface area (Å²) in [5.74, 6) is -0.673. The molecule has 1 aromatic heterocycles. The van der Waals surface area contributed by atoms with Crippen molar-refractivity contribution in [3.8, 4) is 0 Å². The summed E-state index contributed by atoms with van der Waals surface area (Å²) >= 11 is 1.20. The molecule has 0 aliphatic carbocycles. The molecule has 0 saturated heterocycles. The quantitative estimate of drug-likeness (QED) is 0.516. The van der Waals surface area contributed by atoms with E-state index in [0.717, 1.165) is 0 Å². The van der Waals surface area contributed by atoms with Crippen molar-refractivity contribution >= 4 is 17.7 Å². The predicted molar refractivity (Wildman–Crippen MR) is 65.4 cm³/mol. The highest BCUT2D eigenvalue weighted by Gasteiger charge is 2.31. The average molecular weight is 257 g/mol. The largest absolute Gasteiger partial charge is 0.480 e. The van der Waals surface area contributed by atoms with Crippen LogP contribution in [-0.2, 0) is 4.79 Å². The second-order valence-electron chi connectivity index (χ2n) is 3.87. The number of aromatic amines is 1. The van der Waals surface area contributed by atoms with E-state index in [2.05, 4.69) is 15.3 Å². The van der Waals surface area contributed by atoms with Gasteiger partial charge in [0.1, 0.15) is 5.54 Å². The van der Waals surface area contributed by atoms with Crippen LogP contribution in [-0.4, -0.2) is 39.4 Å². The fraction of sp³-hybridized carbons (Fsp3) is 0.500. The topological polar surface area (TPSA) is 95.1 Å². The molecule has 94 valence electrons. The van der Waals surface area contributed by atoms with Crippen molar-refractivity contribution in [3.63, 3.8) is 0 Å². The zero-order valence-electron chi connectivity index (χ0n) is 9.90. The SMILES string of the molecule is CNC(C)(CSc1nc(C)cc(=O)[nH]1)C(=O)O. The molecule has 0 bridgehead atoms. The molecule has 0 fully saturated rings. The van der Waals surface area contributed by atoms with Crippen molar-refractivity contribution in [1.82, 2.24) is 15.3 Å². The summed E-state index contributed by atoms with van der Waals surface area (Å²) in [7, 11) is 1.58. The average Bonchev–Trinajstić information content (AvgIpc) is 2.24. The van der Waals surface area contributed by atoms with Crippen molar-refractivity contribution in [2.24, 2.45) is 0 Å². The van der Waals surface area contributed by atoms with Crippen LogP contribution in [0.4, 0.5) is 0 Å².